The predicted molar refractivity (Wildman–Crippen MR) is 57.8 cm³/mol. The highest BCUT2D eigenvalue weighted by Crippen LogP contribution is 2.30. The first-order valence-corrected chi connectivity index (χ1v) is 7.19. The van der Waals surface area contributed by atoms with Gasteiger partial charge < -0.3 is 0 Å². The average Bonchev–Trinajstić information content (AvgIpc) is 2.42. The van der Waals surface area contributed by atoms with E-state index in [0.29, 0.717) is 0 Å². The van der Waals surface area contributed by atoms with Crippen LogP contribution < -0.4 is 5.14 Å². The Morgan fingerprint density at radius 2 is 2.07 bits per heavy atom. The number of aryl methyl sites for hydroxylation is 2. The van der Waals surface area contributed by atoms with Gasteiger partial charge in [-0.05, 0) is 37.3 Å². The Labute approximate surface area is 88.0 Å². The molecule has 1 aliphatic carbocycles. The van der Waals surface area contributed by atoms with Crippen molar-refractivity contribution in [2.24, 2.45) is 5.14 Å². The van der Waals surface area contributed by atoms with Gasteiger partial charge in [-0.1, -0.05) is 0 Å². The molecule has 1 heterocycles. The highest BCUT2D eigenvalue weighted by molar-refractivity contribution is 7.88. The van der Waals surface area contributed by atoms with Crippen LogP contribution in [0.3, 0.4) is 0 Å². The molecule has 2 N–H and O–H groups in total. The van der Waals surface area contributed by atoms with E-state index in [4.69, 9.17) is 5.14 Å². The summed E-state index contributed by atoms with van der Waals surface area (Å²) in [5.41, 5.74) is 1.33. The first-order valence-electron chi connectivity index (χ1n) is 4.65. The second kappa shape index (κ2) is 3.64. The van der Waals surface area contributed by atoms with Gasteiger partial charge >= 0.3 is 0 Å². The highest BCUT2D eigenvalue weighted by atomic mass is 32.2. The van der Waals surface area contributed by atoms with Crippen molar-refractivity contribution in [2.45, 2.75) is 31.4 Å². The van der Waals surface area contributed by atoms with Crippen LogP contribution in [-0.4, -0.2) is 8.42 Å². The van der Waals surface area contributed by atoms with Crippen LogP contribution in [0.2, 0.25) is 0 Å². The molecule has 0 fully saturated rings. The molecule has 2 rings (SSSR count). The number of fused-ring (bicyclic) bond motifs is 1. The number of thiophene rings is 1. The standard InChI is InChI=1S/C9H13NO2S2/c10-14(11,12)6-8-5-7-3-1-2-4-9(7)13-8/h5H,1-4,6H2,(H2,10,11,12). The van der Waals surface area contributed by atoms with E-state index in [1.807, 2.05) is 6.07 Å². The molecule has 0 unspecified atom stereocenters. The molecule has 0 aromatic carbocycles. The summed E-state index contributed by atoms with van der Waals surface area (Å²) in [6, 6.07) is 2.00. The molecular weight excluding hydrogens is 218 g/mol. The van der Waals surface area contributed by atoms with Crippen LogP contribution in [0.4, 0.5) is 0 Å². The van der Waals surface area contributed by atoms with Crippen LogP contribution >= 0.6 is 11.3 Å². The first kappa shape index (κ1) is 10.1. The van der Waals surface area contributed by atoms with E-state index in [9.17, 15) is 8.42 Å². The molecule has 1 aromatic heterocycles. The predicted octanol–water partition coefficient (Wildman–Crippen LogP) is 1.42. The van der Waals surface area contributed by atoms with Gasteiger partial charge in [0.05, 0.1) is 5.75 Å². The van der Waals surface area contributed by atoms with Gasteiger partial charge in [0.1, 0.15) is 0 Å². The fourth-order valence-electron chi connectivity index (χ4n) is 1.82. The number of rotatable bonds is 2. The van der Waals surface area contributed by atoms with Crippen molar-refractivity contribution in [1.29, 1.82) is 0 Å². The number of primary sulfonamides is 1. The van der Waals surface area contributed by atoms with E-state index in [-0.39, 0.29) is 5.75 Å². The lowest BCUT2D eigenvalue weighted by molar-refractivity contribution is 0.597. The Bertz CT molecular complexity index is 410. The number of nitrogens with two attached hydrogens (primary N) is 1. The van der Waals surface area contributed by atoms with Crippen molar-refractivity contribution in [3.63, 3.8) is 0 Å². The zero-order valence-electron chi connectivity index (χ0n) is 7.82. The molecule has 3 nitrogen and oxygen atoms in total. The molecule has 1 aliphatic rings. The minimum Gasteiger partial charge on any atom is -0.228 e. The normalized spacial score (nSPS) is 16.6. The van der Waals surface area contributed by atoms with Crippen molar-refractivity contribution in [2.75, 3.05) is 0 Å². The van der Waals surface area contributed by atoms with Crippen LogP contribution in [0.1, 0.15) is 28.2 Å². The van der Waals surface area contributed by atoms with Gasteiger partial charge in [-0.2, -0.15) is 0 Å². The Kier molecular flexibility index (Phi) is 2.64. The number of hydrogen-bond acceptors (Lipinski definition) is 3. The molecule has 14 heavy (non-hydrogen) atoms. The molecule has 0 radical (unpaired) electrons. The molecule has 0 atom stereocenters. The fourth-order valence-corrected chi connectivity index (χ4v) is 4.09. The lowest BCUT2D eigenvalue weighted by atomic mass is 9.99. The lowest BCUT2D eigenvalue weighted by Gasteiger charge is -2.08. The Morgan fingerprint density at radius 1 is 1.36 bits per heavy atom. The van der Waals surface area contributed by atoms with Crippen LogP contribution in [-0.2, 0) is 28.6 Å². The highest BCUT2D eigenvalue weighted by Gasteiger charge is 2.15. The van der Waals surface area contributed by atoms with Crippen LogP contribution in [0.15, 0.2) is 6.07 Å². The zero-order chi connectivity index (χ0) is 10.2. The van der Waals surface area contributed by atoms with Crippen molar-refractivity contribution >= 4 is 21.4 Å². The summed E-state index contributed by atoms with van der Waals surface area (Å²) in [5.74, 6) is -0.00926. The summed E-state index contributed by atoms with van der Waals surface area (Å²) in [5, 5.41) is 5.00. The van der Waals surface area contributed by atoms with E-state index >= 15 is 0 Å². The molecule has 0 bridgehead atoms. The maximum atomic E-state index is 10.9. The summed E-state index contributed by atoms with van der Waals surface area (Å²) in [4.78, 5) is 2.24. The largest absolute Gasteiger partial charge is 0.228 e. The van der Waals surface area contributed by atoms with Crippen LogP contribution in [0.25, 0.3) is 0 Å². The third-order valence-corrected chi connectivity index (χ3v) is 4.52. The summed E-state index contributed by atoms with van der Waals surface area (Å²) in [6.07, 6.45) is 4.64. The van der Waals surface area contributed by atoms with Gasteiger partial charge in [0.15, 0.2) is 0 Å². The van der Waals surface area contributed by atoms with Gasteiger partial charge in [0.2, 0.25) is 10.0 Å². The SMILES string of the molecule is NS(=O)(=O)Cc1cc2c(s1)CCCC2. The van der Waals surface area contributed by atoms with Crippen molar-refractivity contribution < 1.29 is 8.42 Å². The average molecular weight is 231 g/mol. The van der Waals surface area contributed by atoms with Gasteiger partial charge in [0, 0.05) is 9.75 Å². The molecule has 0 spiro atoms. The minimum atomic E-state index is -3.37. The number of hydrogen-bond donors (Lipinski definition) is 1. The van der Waals surface area contributed by atoms with E-state index in [1.165, 1.54) is 23.3 Å². The quantitative estimate of drug-likeness (QED) is 0.836. The van der Waals surface area contributed by atoms with Crippen LogP contribution in [0, 0.1) is 0 Å². The third kappa shape index (κ3) is 2.34. The topological polar surface area (TPSA) is 60.2 Å². The second-order valence-corrected chi connectivity index (χ2v) is 6.51. The third-order valence-electron chi connectivity index (χ3n) is 2.39. The molecule has 0 amide bonds. The fraction of sp³-hybridized carbons (Fsp3) is 0.556. The van der Waals surface area contributed by atoms with Gasteiger partial charge in [-0.15, -0.1) is 11.3 Å². The van der Waals surface area contributed by atoms with E-state index in [0.717, 1.165) is 17.7 Å². The van der Waals surface area contributed by atoms with Crippen molar-refractivity contribution in [3.05, 3.63) is 21.4 Å². The lowest BCUT2D eigenvalue weighted by Crippen LogP contribution is -2.13. The maximum absolute atomic E-state index is 10.9. The van der Waals surface area contributed by atoms with Gasteiger partial charge in [-0.25, -0.2) is 13.6 Å². The smallest absolute Gasteiger partial charge is 0.214 e. The van der Waals surface area contributed by atoms with E-state index < -0.39 is 10.0 Å². The monoisotopic (exact) mass is 231 g/mol. The van der Waals surface area contributed by atoms with Crippen molar-refractivity contribution in [3.8, 4) is 0 Å². The molecule has 5 heteroatoms. The molecule has 1 aromatic rings. The Balaban J connectivity index is 2.24. The zero-order valence-corrected chi connectivity index (χ0v) is 9.46. The Morgan fingerprint density at radius 3 is 2.71 bits per heavy atom. The molecular formula is C9H13NO2S2. The molecule has 0 saturated carbocycles. The van der Waals surface area contributed by atoms with Crippen molar-refractivity contribution in [1.82, 2.24) is 0 Å². The second-order valence-electron chi connectivity index (χ2n) is 3.68. The van der Waals surface area contributed by atoms with E-state index in [1.54, 1.807) is 11.3 Å². The first-order chi connectivity index (χ1) is 6.54. The van der Waals surface area contributed by atoms with Crippen LogP contribution in [0.5, 0.6) is 0 Å². The summed E-state index contributed by atoms with van der Waals surface area (Å²) in [7, 11) is -3.37. The van der Waals surface area contributed by atoms with E-state index in [2.05, 4.69) is 0 Å². The number of sulfonamides is 1. The minimum absolute atomic E-state index is 0.00926. The maximum Gasteiger partial charge on any atom is 0.214 e. The molecule has 0 aliphatic heterocycles. The summed E-state index contributed by atoms with van der Waals surface area (Å²) in [6.45, 7) is 0. The van der Waals surface area contributed by atoms with Gasteiger partial charge in [0.25, 0.3) is 0 Å². The van der Waals surface area contributed by atoms with Gasteiger partial charge in [-0.3, -0.25) is 0 Å². The molecule has 78 valence electrons. The Hall–Kier alpha value is -0.390. The molecule has 0 saturated heterocycles. The summed E-state index contributed by atoms with van der Waals surface area (Å²) >= 11 is 1.60. The summed E-state index contributed by atoms with van der Waals surface area (Å²) < 4.78 is 21.8.